The molecule has 5 rings (SSSR count). The number of benzene rings is 2. The second-order valence-electron chi connectivity index (χ2n) is 11.8. The van der Waals surface area contributed by atoms with Crippen LogP contribution in [-0.4, -0.2) is 52.7 Å². The molecule has 0 spiro atoms. The molecule has 3 aromatic rings. The minimum absolute atomic E-state index is 0.0188. The number of aromatic nitrogens is 1. The Morgan fingerprint density at radius 2 is 1.67 bits per heavy atom. The number of ether oxygens (including phenoxy) is 1. The third-order valence-corrected chi connectivity index (χ3v) is 8.65. The van der Waals surface area contributed by atoms with Crippen LogP contribution in [0.25, 0.3) is 10.9 Å². The number of cyclic esters (lactones) is 1. The van der Waals surface area contributed by atoms with E-state index < -0.39 is 17.5 Å². The maximum atomic E-state index is 13.6. The van der Waals surface area contributed by atoms with E-state index in [1.807, 2.05) is 72.9 Å². The van der Waals surface area contributed by atoms with Crippen molar-refractivity contribution in [3.8, 4) is 0 Å². The molecule has 42 heavy (non-hydrogen) atoms. The molecular formula is C34H41N3O5. The molecule has 0 bridgehead atoms. The normalized spacial score (nSPS) is 23.0. The number of hydrogen-bond donors (Lipinski definition) is 4. The van der Waals surface area contributed by atoms with E-state index in [2.05, 4.69) is 15.6 Å². The number of carbonyl (C=O) groups excluding carboxylic acids is 3. The molecule has 1 fully saturated rings. The summed E-state index contributed by atoms with van der Waals surface area (Å²) in [5, 5.41) is 17.2. The Balaban J connectivity index is 1.35. The molecule has 0 radical (unpaired) electrons. The molecule has 8 nitrogen and oxygen atoms in total. The summed E-state index contributed by atoms with van der Waals surface area (Å²) in [5.41, 5.74) is 2.48. The van der Waals surface area contributed by atoms with Gasteiger partial charge in [0.25, 0.3) is 0 Å². The second-order valence-corrected chi connectivity index (χ2v) is 11.8. The van der Waals surface area contributed by atoms with Crippen LogP contribution in [0, 0.1) is 11.8 Å². The first-order valence-corrected chi connectivity index (χ1v) is 15.1. The zero-order chi connectivity index (χ0) is 29.4. The highest BCUT2D eigenvalue weighted by molar-refractivity contribution is 5.87. The molecule has 2 heterocycles. The van der Waals surface area contributed by atoms with E-state index in [0.717, 1.165) is 47.7 Å². The van der Waals surface area contributed by atoms with Gasteiger partial charge in [-0.3, -0.25) is 14.4 Å². The van der Waals surface area contributed by atoms with Crippen LogP contribution in [0.1, 0.15) is 56.1 Å². The number of esters is 1. The monoisotopic (exact) mass is 571 g/mol. The number of aromatic amines is 1. The van der Waals surface area contributed by atoms with Crippen LogP contribution in [0.3, 0.4) is 0 Å². The van der Waals surface area contributed by atoms with E-state index in [0.29, 0.717) is 25.7 Å². The average molecular weight is 572 g/mol. The molecule has 222 valence electrons. The van der Waals surface area contributed by atoms with Crippen LogP contribution in [0.2, 0.25) is 0 Å². The highest BCUT2D eigenvalue weighted by atomic mass is 16.5. The Kier molecular flexibility index (Phi) is 9.74. The number of allylic oxidation sites excluding steroid dienone is 2. The van der Waals surface area contributed by atoms with E-state index in [1.165, 1.54) is 0 Å². The fourth-order valence-electron chi connectivity index (χ4n) is 6.25. The first-order valence-electron chi connectivity index (χ1n) is 15.1. The van der Waals surface area contributed by atoms with Gasteiger partial charge in [-0.25, -0.2) is 0 Å². The minimum atomic E-state index is -0.592. The number of para-hydroxylation sites is 1. The standard InChI is InChI=1S/C34H41N3O5/c38-23-34(16-8-9-17-34)37-31(39)20-25-12-4-5-13-26(18-24-10-2-1-3-11-24)33(41)42-22-28(36-32(25)40)19-27-21-35-30-15-7-6-14-29(27)30/h1-7,10-11,14-15,21,25-26,28,35,38H,8-9,12-13,16-20,22-23H2,(H,36,40)(H,37,39)/t25-,26+,28+/m1/s1. The summed E-state index contributed by atoms with van der Waals surface area (Å²) in [7, 11) is 0. The number of carbonyl (C=O) groups is 3. The minimum Gasteiger partial charge on any atom is -0.463 e. The largest absolute Gasteiger partial charge is 0.463 e. The van der Waals surface area contributed by atoms with Gasteiger partial charge in [0.05, 0.1) is 30.0 Å². The van der Waals surface area contributed by atoms with Crippen molar-refractivity contribution in [3.63, 3.8) is 0 Å². The van der Waals surface area contributed by atoms with Gasteiger partial charge in [0.2, 0.25) is 11.8 Å². The number of aliphatic hydroxyl groups excluding tert-OH is 1. The summed E-state index contributed by atoms with van der Waals surface area (Å²) in [6.07, 6.45) is 11.1. The second kappa shape index (κ2) is 13.8. The third kappa shape index (κ3) is 7.48. The van der Waals surface area contributed by atoms with E-state index in [-0.39, 0.29) is 43.3 Å². The number of hydrogen-bond acceptors (Lipinski definition) is 5. The molecule has 2 aromatic carbocycles. The maximum absolute atomic E-state index is 13.6. The van der Waals surface area contributed by atoms with Gasteiger partial charge in [0.1, 0.15) is 6.61 Å². The van der Waals surface area contributed by atoms with Gasteiger partial charge in [0, 0.05) is 23.5 Å². The number of H-pyrrole nitrogens is 1. The van der Waals surface area contributed by atoms with E-state index in [9.17, 15) is 19.5 Å². The topological polar surface area (TPSA) is 121 Å². The lowest BCUT2D eigenvalue weighted by Gasteiger charge is -2.29. The summed E-state index contributed by atoms with van der Waals surface area (Å²) in [6, 6.07) is 17.4. The molecule has 0 saturated heterocycles. The summed E-state index contributed by atoms with van der Waals surface area (Å²) >= 11 is 0. The average Bonchev–Trinajstić information content (AvgIpc) is 3.64. The molecule has 4 N–H and O–H groups in total. The van der Waals surface area contributed by atoms with Crippen LogP contribution in [0.5, 0.6) is 0 Å². The zero-order valence-electron chi connectivity index (χ0n) is 24.0. The van der Waals surface area contributed by atoms with Gasteiger partial charge in [0.15, 0.2) is 0 Å². The molecule has 3 atom stereocenters. The zero-order valence-corrected chi connectivity index (χ0v) is 24.0. The molecule has 8 heteroatoms. The molecule has 2 aliphatic rings. The molecular weight excluding hydrogens is 530 g/mol. The lowest BCUT2D eigenvalue weighted by Crippen LogP contribution is -2.50. The summed E-state index contributed by atoms with van der Waals surface area (Å²) < 4.78 is 5.85. The van der Waals surface area contributed by atoms with Crippen molar-refractivity contribution in [2.24, 2.45) is 11.8 Å². The van der Waals surface area contributed by atoms with Gasteiger partial charge in [-0.05, 0) is 55.7 Å². The van der Waals surface area contributed by atoms with Crippen molar-refractivity contribution in [2.75, 3.05) is 13.2 Å². The van der Waals surface area contributed by atoms with Crippen molar-refractivity contribution in [2.45, 2.75) is 69.4 Å². The van der Waals surface area contributed by atoms with Gasteiger partial charge in [-0.2, -0.15) is 0 Å². The Bertz CT molecular complexity index is 1390. The van der Waals surface area contributed by atoms with Crippen LogP contribution in [0.15, 0.2) is 72.9 Å². The van der Waals surface area contributed by atoms with Crippen LogP contribution in [0.4, 0.5) is 0 Å². The van der Waals surface area contributed by atoms with Gasteiger partial charge < -0.3 is 25.5 Å². The Hall–Kier alpha value is -3.91. The molecule has 0 unspecified atom stereocenters. The highest BCUT2D eigenvalue weighted by Crippen LogP contribution is 2.29. The molecule has 1 aliphatic heterocycles. The lowest BCUT2D eigenvalue weighted by molar-refractivity contribution is -0.150. The first kappa shape index (κ1) is 29.6. The van der Waals surface area contributed by atoms with E-state index in [4.69, 9.17) is 4.74 Å². The fourth-order valence-corrected chi connectivity index (χ4v) is 6.25. The smallest absolute Gasteiger partial charge is 0.309 e. The van der Waals surface area contributed by atoms with E-state index >= 15 is 0 Å². The lowest BCUT2D eigenvalue weighted by atomic mass is 9.93. The summed E-state index contributed by atoms with van der Waals surface area (Å²) in [5.74, 6) is -1.72. The summed E-state index contributed by atoms with van der Waals surface area (Å²) in [6.45, 7) is -0.0675. The Morgan fingerprint density at radius 1 is 0.952 bits per heavy atom. The first-order chi connectivity index (χ1) is 20.4. The summed E-state index contributed by atoms with van der Waals surface area (Å²) in [4.78, 5) is 43.3. The van der Waals surface area contributed by atoms with Gasteiger partial charge >= 0.3 is 5.97 Å². The highest BCUT2D eigenvalue weighted by Gasteiger charge is 2.36. The molecule has 1 aromatic heterocycles. The van der Waals surface area contributed by atoms with Crippen LogP contribution in [-0.2, 0) is 32.0 Å². The quantitative estimate of drug-likeness (QED) is 0.236. The number of aliphatic hydroxyl groups is 1. The van der Waals surface area contributed by atoms with Crippen molar-refractivity contribution < 1.29 is 24.2 Å². The molecule has 1 saturated carbocycles. The Labute approximate surface area is 246 Å². The number of fused-ring (bicyclic) bond motifs is 1. The van der Waals surface area contributed by atoms with Crippen LogP contribution >= 0.6 is 0 Å². The SMILES string of the molecule is O=C(C[C@H]1CC=CC[C@@H](Cc2ccccc2)C(=O)OC[C@H](Cc2c[nH]c3ccccc23)NC1=O)NC1(CO)CCCC1. The van der Waals surface area contributed by atoms with Gasteiger partial charge in [-0.15, -0.1) is 0 Å². The molecule has 2 amide bonds. The number of amides is 2. The van der Waals surface area contributed by atoms with Crippen molar-refractivity contribution in [3.05, 3.63) is 84.1 Å². The Morgan fingerprint density at radius 3 is 2.43 bits per heavy atom. The maximum Gasteiger partial charge on any atom is 0.309 e. The van der Waals surface area contributed by atoms with Crippen LogP contribution < -0.4 is 10.6 Å². The van der Waals surface area contributed by atoms with Crippen molar-refractivity contribution >= 4 is 28.7 Å². The van der Waals surface area contributed by atoms with Crippen molar-refractivity contribution in [1.29, 1.82) is 0 Å². The van der Waals surface area contributed by atoms with Crippen molar-refractivity contribution in [1.82, 2.24) is 15.6 Å². The number of nitrogens with one attached hydrogen (secondary N) is 3. The number of rotatable bonds is 8. The fraction of sp³-hybridized carbons (Fsp3) is 0.441. The third-order valence-electron chi connectivity index (χ3n) is 8.65. The van der Waals surface area contributed by atoms with Gasteiger partial charge in [-0.1, -0.05) is 73.5 Å². The van der Waals surface area contributed by atoms with E-state index in [1.54, 1.807) is 0 Å². The predicted molar refractivity (Wildman–Crippen MR) is 161 cm³/mol. The molecule has 1 aliphatic carbocycles. The predicted octanol–water partition coefficient (Wildman–Crippen LogP) is 4.37.